The van der Waals surface area contributed by atoms with Crippen LogP contribution >= 0.6 is 11.6 Å². The van der Waals surface area contributed by atoms with Crippen LogP contribution in [0.4, 0.5) is 4.39 Å². The number of benzene rings is 1. The van der Waals surface area contributed by atoms with Crippen molar-refractivity contribution < 1.29 is 13.9 Å². The maximum Gasteiger partial charge on any atom is 0.277 e. The Hall–Kier alpha value is -2.87. The summed E-state index contributed by atoms with van der Waals surface area (Å²) >= 11 is 6.13. The van der Waals surface area contributed by atoms with Gasteiger partial charge in [-0.25, -0.2) is 13.8 Å². The number of nitrogens with one attached hydrogen (secondary N) is 1. The molecule has 0 spiro atoms. The lowest BCUT2D eigenvalue weighted by atomic mass is 10.1. The summed E-state index contributed by atoms with van der Waals surface area (Å²) in [5.74, 6) is -0.187. The predicted molar refractivity (Wildman–Crippen MR) is 97.7 cm³/mol. The number of hydrogen-bond acceptors (Lipinski definition) is 4. The van der Waals surface area contributed by atoms with E-state index in [1.54, 1.807) is 41.3 Å². The van der Waals surface area contributed by atoms with Gasteiger partial charge in [0.15, 0.2) is 0 Å². The predicted octanol–water partition coefficient (Wildman–Crippen LogP) is 3.14. The number of carbonyl (C=O) groups excluding carboxylic acids is 1. The zero-order chi connectivity index (χ0) is 19.0. The summed E-state index contributed by atoms with van der Waals surface area (Å²) < 4.78 is 22.7. The van der Waals surface area contributed by atoms with Gasteiger partial charge in [0, 0.05) is 29.0 Å². The lowest BCUT2D eigenvalue weighted by Crippen LogP contribution is -2.32. The summed E-state index contributed by atoms with van der Waals surface area (Å²) in [6.45, 7) is 0. The SMILES string of the molecule is COc1ccc(Cl)cc1-c1nn(C(F)C(=O)NC2CC2)cc1-n1cccn1. The van der Waals surface area contributed by atoms with Crippen molar-refractivity contribution in [2.45, 2.75) is 25.2 Å². The van der Waals surface area contributed by atoms with Crippen molar-refractivity contribution in [2.75, 3.05) is 7.11 Å². The van der Waals surface area contributed by atoms with Crippen molar-refractivity contribution in [3.05, 3.63) is 47.9 Å². The third kappa shape index (κ3) is 3.52. The average molecular weight is 390 g/mol. The van der Waals surface area contributed by atoms with Gasteiger partial charge in [0.05, 0.1) is 13.3 Å². The van der Waals surface area contributed by atoms with Crippen molar-refractivity contribution in [1.82, 2.24) is 24.9 Å². The molecule has 1 saturated carbocycles. The van der Waals surface area contributed by atoms with Gasteiger partial charge < -0.3 is 10.1 Å². The Morgan fingerprint density at radius 3 is 2.93 bits per heavy atom. The van der Waals surface area contributed by atoms with Crippen LogP contribution in [0.15, 0.2) is 42.9 Å². The number of nitrogens with zero attached hydrogens (tertiary/aromatic N) is 4. The van der Waals surface area contributed by atoms with Gasteiger partial charge in [-0.2, -0.15) is 10.2 Å². The van der Waals surface area contributed by atoms with Crippen LogP contribution in [0.25, 0.3) is 16.9 Å². The molecule has 3 aromatic rings. The summed E-state index contributed by atoms with van der Waals surface area (Å²) in [6.07, 6.45) is 4.56. The highest BCUT2D eigenvalue weighted by Gasteiger charge is 2.30. The molecule has 140 valence electrons. The van der Waals surface area contributed by atoms with Crippen LogP contribution in [-0.4, -0.2) is 38.6 Å². The molecule has 1 amide bonds. The minimum Gasteiger partial charge on any atom is -0.496 e. The van der Waals surface area contributed by atoms with Crippen molar-refractivity contribution in [3.8, 4) is 22.7 Å². The molecule has 1 unspecified atom stereocenters. The van der Waals surface area contributed by atoms with E-state index < -0.39 is 12.2 Å². The molecule has 7 nitrogen and oxygen atoms in total. The van der Waals surface area contributed by atoms with Crippen LogP contribution < -0.4 is 10.1 Å². The molecule has 27 heavy (non-hydrogen) atoms. The van der Waals surface area contributed by atoms with Crippen LogP contribution in [0.5, 0.6) is 5.75 Å². The molecule has 1 aliphatic carbocycles. The molecule has 1 N–H and O–H groups in total. The smallest absolute Gasteiger partial charge is 0.277 e. The number of amides is 1. The second-order valence-corrected chi connectivity index (χ2v) is 6.69. The van der Waals surface area contributed by atoms with Crippen LogP contribution in [0.2, 0.25) is 5.02 Å². The molecule has 0 aliphatic heterocycles. The van der Waals surface area contributed by atoms with E-state index in [9.17, 15) is 9.18 Å². The molecular formula is C18H17ClFN5O2. The lowest BCUT2D eigenvalue weighted by Gasteiger charge is -2.09. The number of carbonyl (C=O) groups is 1. The number of methoxy groups -OCH3 is 1. The summed E-state index contributed by atoms with van der Waals surface area (Å²) in [4.78, 5) is 12.1. The molecular weight excluding hydrogens is 373 g/mol. The Balaban J connectivity index is 1.79. The number of alkyl halides is 1. The summed E-state index contributed by atoms with van der Waals surface area (Å²) in [5.41, 5.74) is 1.48. The highest BCUT2D eigenvalue weighted by atomic mass is 35.5. The minimum atomic E-state index is -1.95. The molecule has 9 heteroatoms. The summed E-state index contributed by atoms with van der Waals surface area (Å²) in [6, 6.07) is 6.87. The Labute approximate surface area is 159 Å². The molecule has 2 aromatic heterocycles. The van der Waals surface area contributed by atoms with Crippen molar-refractivity contribution in [2.24, 2.45) is 0 Å². The van der Waals surface area contributed by atoms with E-state index in [0.717, 1.165) is 17.5 Å². The van der Waals surface area contributed by atoms with E-state index in [0.29, 0.717) is 27.7 Å². The summed E-state index contributed by atoms with van der Waals surface area (Å²) in [7, 11) is 1.53. The normalized spacial score (nSPS) is 14.8. The summed E-state index contributed by atoms with van der Waals surface area (Å²) in [5, 5.41) is 11.6. The van der Waals surface area contributed by atoms with Gasteiger partial charge in [-0.05, 0) is 37.1 Å². The van der Waals surface area contributed by atoms with Crippen LogP contribution in [0.3, 0.4) is 0 Å². The van der Waals surface area contributed by atoms with Crippen molar-refractivity contribution in [1.29, 1.82) is 0 Å². The first-order chi connectivity index (χ1) is 13.1. The first-order valence-electron chi connectivity index (χ1n) is 8.44. The number of rotatable bonds is 6. The molecule has 4 rings (SSSR count). The number of hydrogen-bond donors (Lipinski definition) is 1. The number of ether oxygens (including phenoxy) is 1. The third-order valence-electron chi connectivity index (χ3n) is 4.25. The molecule has 1 atom stereocenters. The fourth-order valence-electron chi connectivity index (χ4n) is 2.75. The van der Waals surface area contributed by atoms with E-state index in [4.69, 9.17) is 16.3 Å². The highest BCUT2D eigenvalue weighted by molar-refractivity contribution is 6.31. The molecule has 2 heterocycles. The van der Waals surface area contributed by atoms with E-state index in [1.807, 2.05) is 0 Å². The maximum absolute atomic E-state index is 14.7. The Morgan fingerprint density at radius 1 is 1.44 bits per heavy atom. The first kappa shape index (κ1) is 17.5. The molecule has 0 radical (unpaired) electrons. The van der Waals surface area contributed by atoms with Gasteiger partial charge in [0.1, 0.15) is 17.1 Å². The van der Waals surface area contributed by atoms with Gasteiger partial charge in [0.25, 0.3) is 12.2 Å². The second kappa shape index (κ2) is 7.03. The van der Waals surface area contributed by atoms with Gasteiger partial charge in [-0.1, -0.05) is 11.6 Å². The standard InChI is InChI=1S/C18H17ClFN5O2/c1-27-15-6-3-11(19)9-13(15)16-14(24-8-2-7-21-24)10-25(23-16)17(20)18(26)22-12-4-5-12/h2-3,6-10,12,17H,4-5H2,1H3,(H,22,26). The van der Waals surface area contributed by atoms with Gasteiger partial charge in [-0.3, -0.25) is 4.79 Å². The maximum atomic E-state index is 14.7. The highest BCUT2D eigenvalue weighted by Crippen LogP contribution is 2.35. The van der Waals surface area contributed by atoms with Crippen molar-refractivity contribution in [3.63, 3.8) is 0 Å². The quantitative estimate of drug-likeness (QED) is 0.702. The molecule has 0 bridgehead atoms. The van der Waals surface area contributed by atoms with Crippen LogP contribution in [0, 0.1) is 0 Å². The monoisotopic (exact) mass is 389 g/mol. The first-order valence-corrected chi connectivity index (χ1v) is 8.82. The number of aromatic nitrogens is 4. The zero-order valence-electron chi connectivity index (χ0n) is 14.5. The van der Waals surface area contributed by atoms with Gasteiger partial charge in [-0.15, -0.1) is 0 Å². The Kier molecular flexibility index (Phi) is 4.57. The minimum absolute atomic E-state index is 0.0596. The fourth-order valence-corrected chi connectivity index (χ4v) is 2.92. The fraction of sp³-hybridized carbons (Fsp3) is 0.278. The Bertz CT molecular complexity index is 968. The van der Waals surface area contributed by atoms with E-state index in [2.05, 4.69) is 15.5 Å². The van der Waals surface area contributed by atoms with E-state index >= 15 is 0 Å². The third-order valence-corrected chi connectivity index (χ3v) is 4.49. The Morgan fingerprint density at radius 2 is 2.26 bits per heavy atom. The molecule has 1 fully saturated rings. The zero-order valence-corrected chi connectivity index (χ0v) is 15.2. The largest absolute Gasteiger partial charge is 0.496 e. The topological polar surface area (TPSA) is 74.0 Å². The number of halogens is 2. The molecule has 1 aromatic carbocycles. The van der Waals surface area contributed by atoms with E-state index in [-0.39, 0.29) is 6.04 Å². The van der Waals surface area contributed by atoms with Gasteiger partial charge >= 0.3 is 0 Å². The van der Waals surface area contributed by atoms with Gasteiger partial charge in [0.2, 0.25) is 0 Å². The van der Waals surface area contributed by atoms with Crippen LogP contribution in [-0.2, 0) is 4.79 Å². The molecule has 0 saturated heterocycles. The van der Waals surface area contributed by atoms with Crippen molar-refractivity contribution >= 4 is 17.5 Å². The van der Waals surface area contributed by atoms with E-state index in [1.165, 1.54) is 13.3 Å². The average Bonchev–Trinajstić information content (AvgIpc) is 3.14. The second-order valence-electron chi connectivity index (χ2n) is 6.26. The molecule has 1 aliphatic rings. The lowest BCUT2D eigenvalue weighted by molar-refractivity contribution is -0.129. The van der Waals surface area contributed by atoms with Crippen LogP contribution in [0.1, 0.15) is 19.1 Å².